The highest BCUT2D eigenvalue weighted by atomic mass is 16.2. The van der Waals surface area contributed by atoms with Gasteiger partial charge in [0, 0.05) is 25.6 Å². The van der Waals surface area contributed by atoms with Crippen LogP contribution in [0.5, 0.6) is 0 Å². The number of fused-ring (bicyclic) bond motifs is 1. The van der Waals surface area contributed by atoms with Crippen LogP contribution in [0.15, 0.2) is 36.8 Å². The van der Waals surface area contributed by atoms with Crippen LogP contribution >= 0.6 is 0 Å². The van der Waals surface area contributed by atoms with Crippen LogP contribution < -0.4 is 10.9 Å². The highest BCUT2D eigenvalue weighted by Crippen LogP contribution is 2.12. The molecule has 0 spiro atoms. The van der Waals surface area contributed by atoms with Crippen LogP contribution in [0.1, 0.15) is 26.5 Å². The average Bonchev–Trinajstić information content (AvgIpc) is 3.06. The molecule has 0 fully saturated rings. The Morgan fingerprint density at radius 2 is 1.91 bits per heavy atom. The zero-order chi connectivity index (χ0) is 15.7. The maximum absolute atomic E-state index is 12.3. The fourth-order valence-electron chi connectivity index (χ4n) is 2.20. The van der Waals surface area contributed by atoms with Gasteiger partial charge in [0.15, 0.2) is 5.65 Å². The number of carbonyl (C=O) groups is 2. The third-order valence-corrected chi connectivity index (χ3v) is 3.26. The number of nitrogens with zero attached hydrogens (tertiary/aromatic N) is 4. The second-order valence-corrected chi connectivity index (χ2v) is 4.76. The van der Waals surface area contributed by atoms with E-state index in [1.54, 1.807) is 55.3 Å². The molecule has 3 heterocycles. The molecule has 3 rings (SSSR count). The van der Waals surface area contributed by atoms with E-state index in [9.17, 15) is 9.59 Å². The van der Waals surface area contributed by atoms with Crippen molar-refractivity contribution in [2.75, 3.05) is 0 Å². The number of amides is 2. The summed E-state index contributed by atoms with van der Waals surface area (Å²) in [6.45, 7) is 1.71. The molecule has 0 aromatic carbocycles. The Bertz CT molecular complexity index is 863. The number of rotatable bonds is 2. The van der Waals surface area contributed by atoms with Gasteiger partial charge in [-0.25, -0.2) is 9.50 Å². The van der Waals surface area contributed by atoms with E-state index in [0.717, 1.165) is 0 Å². The van der Waals surface area contributed by atoms with Crippen LogP contribution in [0.4, 0.5) is 0 Å². The van der Waals surface area contributed by atoms with E-state index in [1.807, 2.05) is 0 Å². The molecule has 22 heavy (non-hydrogen) atoms. The van der Waals surface area contributed by atoms with Crippen molar-refractivity contribution < 1.29 is 9.59 Å². The van der Waals surface area contributed by atoms with E-state index < -0.39 is 11.8 Å². The van der Waals surface area contributed by atoms with Gasteiger partial charge in [-0.1, -0.05) is 0 Å². The first-order valence-electron chi connectivity index (χ1n) is 6.60. The van der Waals surface area contributed by atoms with Crippen LogP contribution in [0.25, 0.3) is 5.65 Å². The summed E-state index contributed by atoms with van der Waals surface area (Å²) in [5.41, 5.74) is 6.50. The number of aryl methyl sites for hydroxylation is 2. The molecule has 112 valence electrons. The molecule has 0 aliphatic heterocycles. The SMILES string of the molecule is Cc1nn2cccnc2c1C(=O)NNC(=O)c1cccn1C. The van der Waals surface area contributed by atoms with Gasteiger partial charge in [0.1, 0.15) is 11.3 Å². The molecule has 2 amide bonds. The molecule has 0 aliphatic carbocycles. The summed E-state index contributed by atoms with van der Waals surface area (Å²) >= 11 is 0. The highest BCUT2D eigenvalue weighted by molar-refractivity contribution is 6.02. The Morgan fingerprint density at radius 1 is 1.14 bits per heavy atom. The lowest BCUT2D eigenvalue weighted by molar-refractivity contribution is 0.0842. The van der Waals surface area contributed by atoms with Crippen LogP contribution in [0.3, 0.4) is 0 Å². The lowest BCUT2D eigenvalue weighted by Crippen LogP contribution is -2.42. The lowest BCUT2D eigenvalue weighted by atomic mass is 10.2. The Hall–Kier alpha value is -3.16. The Labute approximate surface area is 125 Å². The summed E-state index contributed by atoms with van der Waals surface area (Å²) in [6.07, 6.45) is 5.03. The molecule has 8 nitrogen and oxygen atoms in total. The molecule has 2 N–H and O–H groups in total. The van der Waals surface area contributed by atoms with Crippen LogP contribution in [-0.4, -0.2) is 31.0 Å². The summed E-state index contributed by atoms with van der Waals surface area (Å²) in [5, 5.41) is 4.20. The van der Waals surface area contributed by atoms with Gasteiger partial charge in [-0.2, -0.15) is 5.10 Å². The highest BCUT2D eigenvalue weighted by Gasteiger charge is 2.19. The van der Waals surface area contributed by atoms with E-state index in [0.29, 0.717) is 22.6 Å². The van der Waals surface area contributed by atoms with Gasteiger partial charge in [-0.3, -0.25) is 20.4 Å². The molecule has 0 radical (unpaired) electrons. The monoisotopic (exact) mass is 298 g/mol. The maximum atomic E-state index is 12.3. The summed E-state index contributed by atoms with van der Waals surface area (Å²) in [5.74, 6) is -0.864. The van der Waals surface area contributed by atoms with Gasteiger partial charge in [0.2, 0.25) is 0 Å². The Balaban J connectivity index is 1.78. The second-order valence-electron chi connectivity index (χ2n) is 4.76. The minimum absolute atomic E-state index is 0.327. The fourth-order valence-corrected chi connectivity index (χ4v) is 2.20. The van der Waals surface area contributed by atoms with Crippen molar-refractivity contribution >= 4 is 17.5 Å². The fraction of sp³-hybridized carbons (Fsp3) is 0.143. The molecule has 0 atom stereocenters. The summed E-state index contributed by atoms with van der Waals surface area (Å²) in [7, 11) is 1.75. The van der Waals surface area contributed by atoms with Crippen LogP contribution in [0, 0.1) is 6.92 Å². The van der Waals surface area contributed by atoms with E-state index in [2.05, 4.69) is 20.9 Å². The Morgan fingerprint density at radius 3 is 2.64 bits per heavy atom. The summed E-state index contributed by atoms with van der Waals surface area (Å²) in [6, 6.07) is 5.12. The predicted molar refractivity (Wildman–Crippen MR) is 78.1 cm³/mol. The lowest BCUT2D eigenvalue weighted by Gasteiger charge is -2.07. The molecule has 8 heteroatoms. The molecular formula is C14H14N6O2. The molecule has 0 bridgehead atoms. The average molecular weight is 298 g/mol. The van der Waals surface area contributed by atoms with Gasteiger partial charge in [0.25, 0.3) is 11.8 Å². The summed E-state index contributed by atoms with van der Waals surface area (Å²) < 4.78 is 3.17. The van der Waals surface area contributed by atoms with E-state index >= 15 is 0 Å². The van der Waals surface area contributed by atoms with E-state index in [4.69, 9.17) is 0 Å². The largest absolute Gasteiger partial charge is 0.347 e. The van der Waals surface area contributed by atoms with Crippen LogP contribution in [-0.2, 0) is 7.05 Å². The van der Waals surface area contributed by atoms with E-state index in [1.165, 1.54) is 4.52 Å². The van der Waals surface area contributed by atoms with Gasteiger partial charge in [-0.15, -0.1) is 0 Å². The van der Waals surface area contributed by atoms with Crippen molar-refractivity contribution in [1.82, 2.24) is 30.0 Å². The van der Waals surface area contributed by atoms with Crippen molar-refractivity contribution in [3.63, 3.8) is 0 Å². The molecule has 0 unspecified atom stereocenters. The standard InChI is InChI=1S/C14H14N6O2/c1-9-11(12-15-6-4-8-20(12)18-9)14(22)17-16-13(21)10-5-3-7-19(10)2/h3-8H,1-2H3,(H,16,21)(H,17,22). The zero-order valence-corrected chi connectivity index (χ0v) is 12.1. The first-order chi connectivity index (χ1) is 10.6. The van der Waals surface area contributed by atoms with E-state index in [-0.39, 0.29) is 0 Å². The van der Waals surface area contributed by atoms with Crippen molar-refractivity contribution in [1.29, 1.82) is 0 Å². The molecule has 3 aromatic rings. The smallest absolute Gasteiger partial charge is 0.286 e. The normalized spacial score (nSPS) is 10.6. The van der Waals surface area contributed by atoms with Crippen molar-refractivity contribution in [3.8, 4) is 0 Å². The molecular weight excluding hydrogens is 284 g/mol. The molecule has 0 saturated carbocycles. The first-order valence-corrected chi connectivity index (χ1v) is 6.60. The number of hydrazine groups is 1. The van der Waals surface area contributed by atoms with Gasteiger partial charge in [0.05, 0.1) is 5.69 Å². The molecule has 3 aromatic heterocycles. The predicted octanol–water partition coefficient (Wildman–Crippen LogP) is 0.451. The van der Waals surface area contributed by atoms with Gasteiger partial charge in [-0.05, 0) is 25.1 Å². The van der Waals surface area contributed by atoms with Crippen LogP contribution in [0.2, 0.25) is 0 Å². The minimum Gasteiger partial charge on any atom is -0.347 e. The van der Waals surface area contributed by atoms with Crippen molar-refractivity contribution in [3.05, 3.63) is 53.7 Å². The van der Waals surface area contributed by atoms with Gasteiger partial charge >= 0.3 is 0 Å². The zero-order valence-electron chi connectivity index (χ0n) is 12.1. The number of nitrogens with one attached hydrogen (secondary N) is 2. The second kappa shape index (κ2) is 5.32. The van der Waals surface area contributed by atoms with Gasteiger partial charge < -0.3 is 4.57 Å². The number of carbonyl (C=O) groups excluding carboxylic acids is 2. The molecule has 0 aliphatic rings. The summed E-state index contributed by atoms with van der Waals surface area (Å²) in [4.78, 5) is 28.4. The van der Waals surface area contributed by atoms with Crippen molar-refractivity contribution in [2.45, 2.75) is 6.92 Å². The topological polar surface area (TPSA) is 93.3 Å². The third-order valence-electron chi connectivity index (χ3n) is 3.26. The number of hydrogen-bond donors (Lipinski definition) is 2. The number of hydrogen-bond acceptors (Lipinski definition) is 4. The quantitative estimate of drug-likeness (QED) is 0.672. The maximum Gasteiger partial charge on any atom is 0.286 e. The first kappa shape index (κ1) is 13.8. The minimum atomic E-state index is -0.464. The Kier molecular flexibility index (Phi) is 3.34. The molecule has 0 saturated heterocycles. The number of aromatic nitrogens is 4. The third kappa shape index (κ3) is 2.30. The van der Waals surface area contributed by atoms with Crippen molar-refractivity contribution in [2.24, 2.45) is 7.05 Å².